The average molecular weight is 558 g/mol. The van der Waals surface area contributed by atoms with Crippen molar-refractivity contribution in [3.63, 3.8) is 0 Å². The molecule has 1 unspecified atom stereocenters. The van der Waals surface area contributed by atoms with Crippen molar-refractivity contribution >= 4 is 24.8 Å². The SMILES string of the molecule is C/C(=C\[C@H](C)CO[Si](c1ccccc1)(c1ccccc1)C(C)(C)C)C(Cc1ccccc1)NC(=O)OC(C)(C)C. The standard InChI is InChI=1S/C35H47NO3Si/c1-27(24-28(2)32(25-29-18-12-9-13-19-29)36-33(37)39-34(3,4)5)26-38-40(35(6,7)8,30-20-14-10-15-21-30)31-22-16-11-17-23-31/h9-24,27,32H,25-26H2,1-8H3,(H,36,37)/b28-24+/t27-,32?/m0/s1. The molecule has 0 aliphatic rings. The molecule has 1 N–H and O–H groups in total. The molecule has 0 aromatic heterocycles. The zero-order chi connectivity index (χ0) is 29.4. The van der Waals surface area contributed by atoms with Gasteiger partial charge < -0.3 is 14.5 Å². The molecule has 0 radical (unpaired) electrons. The van der Waals surface area contributed by atoms with E-state index >= 15 is 0 Å². The van der Waals surface area contributed by atoms with Crippen LogP contribution in [0.4, 0.5) is 4.79 Å². The Kier molecular flexibility index (Phi) is 10.6. The van der Waals surface area contributed by atoms with Crippen LogP contribution in [-0.2, 0) is 15.6 Å². The summed E-state index contributed by atoms with van der Waals surface area (Å²) in [5, 5.41) is 5.58. The monoisotopic (exact) mass is 557 g/mol. The minimum atomic E-state index is -2.62. The van der Waals surface area contributed by atoms with E-state index in [4.69, 9.17) is 9.16 Å². The number of rotatable bonds is 10. The molecule has 5 heteroatoms. The number of amides is 1. The van der Waals surface area contributed by atoms with Crippen molar-refractivity contribution in [2.24, 2.45) is 5.92 Å². The van der Waals surface area contributed by atoms with Crippen LogP contribution >= 0.6 is 0 Å². The molecule has 3 rings (SSSR count). The molecule has 3 aromatic carbocycles. The highest BCUT2D eigenvalue weighted by atomic mass is 28.4. The van der Waals surface area contributed by atoms with Gasteiger partial charge in [-0.25, -0.2) is 4.79 Å². The summed E-state index contributed by atoms with van der Waals surface area (Å²) < 4.78 is 12.7. The fourth-order valence-electron chi connectivity index (χ4n) is 5.26. The number of ether oxygens (including phenoxy) is 1. The zero-order valence-corrected chi connectivity index (χ0v) is 26.5. The number of alkyl carbamates (subject to hydrolysis) is 1. The van der Waals surface area contributed by atoms with Gasteiger partial charge in [0.05, 0.1) is 6.04 Å². The second kappa shape index (κ2) is 13.5. The van der Waals surface area contributed by atoms with Gasteiger partial charge in [-0.05, 0) is 61.0 Å². The molecule has 0 saturated heterocycles. The average Bonchev–Trinajstić information content (AvgIpc) is 2.88. The molecule has 0 saturated carbocycles. The molecule has 0 bridgehead atoms. The van der Waals surface area contributed by atoms with Crippen molar-refractivity contribution in [1.29, 1.82) is 0 Å². The largest absolute Gasteiger partial charge is 0.444 e. The number of carbonyl (C=O) groups is 1. The zero-order valence-electron chi connectivity index (χ0n) is 25.5. The molecule has 3 aromatic rings. The first-order valence-electron chi connectivity index (χ1n) is 14.3. The van der Waals surface area contributed by atoms with E-state index in [0.717, 1.165) is 11.1 Å². The smallest absolute Gasteiger partial charge is 0.408 e. The van der Waals surface area contributed by atoms with Gasteiger partial charge in [-0.2, -0.15) is 0 Å². The molecule has 0 heterocycles. The fraction of sp³-hybridized carbons (Fsp3) is 0.400. The predicted octanol–water partition coefficient (Wildman–Crippen LogP) is 7.28. The number of nitrogens with one attached hydrogen (secondary N) is 1. The van der Waals surface area contributed by atoms with Gasteiger partial charge in [0.15, 0.2) is 0 Å². The highest BCUT2D eigenvalue weighted by Crippen LogP contribution is 2.37. The lowest BCUT2D eigenvalue weighted by Crippen LogP contribution is -2.66. The van der Waals surface area contributed by atoms with E-state index in [-0.39, 0.29) is 17.0 Å². The molecule has 2 atom stereocenters. The first kappa shape index (κ1) is 31.4. The van der Waals surface area contributed by atoms with E-state index in [9.17, 15) is 4.79 Å². The van der Waals surface area contributed by atoms with Crippen molar-refractivity contribution in [1.82, 2.24) is 5.32 Å². The minimum absolute atomic E-state index is 0.0811. The van der Waals surface area contributed by atoms with Crippen molar-refractivity contribution in [3.8, 4) is 0 Å². The summed E-state index contributed by atoms with van der Waals surface area (Å²) in [6.45, 7) is 17.4. The van der Waals surface area contributed by atoms with Crippen LogP contribution in [0.2, 0.25) is 5.04 Å². The summed E-state index contributed by atoms with van der Waals surface area (Å²) in [4.78, 5) is 12.8. The van der Waals surface area contributed by atoms with Crippen LogP contribution in [0.3, 0.4) is 0 Å². The van der Waals surface area contributed by atoms with Crippen LogP contribution in [0, 0.1) is 5.92 Å². The first-order chi connectivity index (χ1) is 18.8. The molecule has 1 amide bonds. The van der Waals surface area contributed by atoms with Crippen LogP contribution in [-0.4, -0.2) is 32.7 Å². The van der Waals surface area contributed by atoms with Gasteiger partial charge >= 0.3 is 6.09 Å². The Bertz CT molecular complexity index is 1190. The van der Waals surface area contributed by atoms with Crippen LogP contribution in [0.25, 0.3) is 0 Å². The minimum Gasteiger partial charge on any atom is -0.444 e. The molecular weight excluding hydrogens is 510 g/mol. The Morgan fingerprint density at radius 2 is 1.30 bits per heavy atom. The van der Waals surface area contributed by atoms with Gasteiger partial charge in [0.1, 0.15) is 5.60 Å². The molecule has 0 aliphatic carbocycles. The van der Waals surface area contributed by atoms with E-state index < -0.39 is 20.0 Å². The lowest BCUT2D eigenvalue weighted by molar-refractivity contribution is 0.0511. The summed E-state index contributed by atoms with van der Waals surface area (Å²) in [6.07, 6.45) is 2.52. The van der Waals surface area contributed by atoms with Crippen LogP contribution in [0.5, 0.6) is 0 Å². The van der Waals surface area contributed by atoms with Gasteiger partial charge in [-0.15, -0.1) is 0 Å². The van der Waals surface area contributed by atoms with Crippen LogP contribution < -0.4 is 15.7 Å². The number of hydrogen-bond donors (Lipinski definition) is 1. The second-order valence-corrected chi connectivity index (χ2v) is 17.1. The van der Waals surface area contributed by atoms with E-state index in [1.165, 1.54) is 10.4 Å². The molecule has 0 aliphatic heterocycles. The molecule has 4 nitrogen and oxygen atoms in total. The Balaban J connectivity index is 1.89. The van der Waals surface area contributed by atoms with Crippen molar-refractivity contribution in [2.45, 2.75) is 78.5 Å². The summed E-state index contributed by atoms with van der Waals surface area (Å²) in [6, 6.07) is 31.5. The third-order valence-electron chi connectivity index (χ3n) is 7.05. The van der Waals surface area contributed by atoms with Gasteiger partial charge in [-0.1, -0.05) is 130 Å². The lowest BCUT2D eigenvalue weighted by Gasteiger charge is -2.43. The fourth-order valence-corrected chi connectivity index (χ4v) is 9.92. The molecule has 214 valence electrons. The third kappa shape index (κ3) is 8.42. The van der Waals surface area contributed by atoms with Crippen molar-refractivity contribution in [2.75, 3.05) is 6.61 Å². The second-order valence-electron chi connectivity index (χ2n) is 12.8. The maximum atomic E-state index is 12.8. The number of hydrogen-bond acceptors (Lipinski definition) is 3. The Morgan fingerprint density at radius 1 is 0.825 bits per heavy atom. The first-order valence-corrected chi connectivity index (χ1v) is 16.2. The maximum Gasteiger partial charge on any atom is 0.408 e. The highest BCUT2D eigenvalue weighted by Gasteiger charge is 2.50. The van der Waals surface area contributed by atoms with Crippen LogP contribution in [0.15, 0.2) is 103 Å². The third-order valence-corrected chi connectivity index (χ3v) is 12.1. The topological polar surface area (TPSA) is 47.6 Å². The van der Waals surface area contributed by atoms with E-state index in [0.29, 0.717) is 13.0 Å². The summed E-state index contributed by atoms with van der Waals surface area (Å²) in [7, 11) is -2.62. The Labute approximate surface area is 243 Å². The molecule has 40 heavy (non-hydrogen) atoms. The maximum absolute atomic E-state index is 12.8. The van der Waals surface area contributed by atoms with Gasteiger partial charge in [-0.3, -0.25) is 0 Å². The molecule has 0 spiro atoms. The Hall–Kier alpha value is -3.15. The van der Waals surface area contributed by atoms with Gasteiger partial charge in [0, 0.05) is 6.61 Å². The van der Waals surface area contributed by atoms with Crippen LogP contribution in [0.1, 0.15) is 61.0 Å². The summed E-state index contributed by atoms with van der Waals surface area (Å²) in [5.74, 6) is 0.139. The van der Waals surface area contributed by atoms with E-state index in [2.05, 4.69) is 119 Å². The molecular formula is C35H47NO3Si. The summed E-state index contributed by atoms with van der Waals surface area (Å²) in [5.41, 5.74) is 1.69. The van der Waals surface area contributed by atoms with E-state index in [1.807, 2.05) is 39.0 Å². The van der Waals surface area contributed by atoms with E-state index in [1.54, 1.807) is 0 Å². The predicted molar refractivity (Wildman–Crippen MR) is 170 cm³/mol. The lowest BCUT2D eigenvalue weighted by atomic mass is 9.97. The molecule has 0 fully saturated rings. The van der Waals surface area contributed by atoms with Crippen molar-refractivity contribution in [3.05, 3.63) is 108 Å². The number of benzene rings is 3. The quantitative estimate of drug-likeness (QED) is 0.210. The highest BCUT2D eigenvalue weighted by molar-refractivity contribution is 6.99. The van der Waals surface area contributed by atoms with Crippen molar-refractivity contribution < 1.29 is 14.0 Å². The number of carbonyl (C=O) groups excluding carboxylic acids is 1. The Morgan fingerprint density at radius 3 is 1.75 bits per heavy atom. The van der Waals surface area contributed by atoms with Gasteiger partial charge in [0.25, 0.3) is 8.32 Å². The normalized spacial score (nSPS) is 14.3. The summed E-state index contributed by atoms with van der Waals surface area (Å²) >= 11 is 0. The van der Waals surface area contributed by atoms with Gasteiger partial charge in [0.2, 0.25) is 0 Å².